The van der Waals surface area contributed by atoms with Gasteiger partial charge in [0.15, 0.2) is 11.9 Å². The second-order valence-electron chi connectivity index (χ2n) is 5.44. The predicted molar refractivity (Wildman–Crippen MR) is 87.7 cm³/mol. The van der Waals surface area contributed by atoms with Gasteiger partial charge in [-0.2, -0.15) is 0 Å². The lowest BCUT2D eigenvalue weighted by molar-refractivity contribution is -0.386. The first-order valence-corrected chi connectivity index (χ1v) is 7.26. The molecular formula is C17H17FN2O4. The number of nitrogens with one attached hydrogen (secondary N) is 1. The van der Waals surface area contributed by atoms with Crippen molar-refractivity contribution in [3.8, 4) is 5.75 Å². The molecular weight excluding hydrogens is 315 g/mol. The average Bonchev–Trinajstić information content (AvgIpc) is 2.52. The van der Waals surface area contributed by atoms with Gasteiger partial charge in [-0.15, -0.1) is 0 Å². The van der Waals surface area contributed by atoms with Crippen LogP contribution in [0, 0.1) is 29.8 Å². The molecule has 0 radical (unpaired) electrons. The molecule has 6 nitrogen and oxygen atoms in total. The highest BCUT2D eigenvalue weighted by Crippen LogP contribution is 2.28. The van der Waals surface area contributed by atoms with Gasteiger partial charge in [-0.25, -0.2) is 4.39 Å². The molecule has 2 aromatic carbocycles. The first-order valence-electron chi connectivity index (χ1n) is 7.26. The molecule has 24 heavy (non-hydrogen) atoms. The molecule has 0 aliphatic rings. The monoisotopic (exact) mass is 332 g/mol. The van der Waals surface area contributed by atoms with Gasteiger partial charge in [0, 0.05) is 11.8 Å². The maximum Gasteiger partial charge on any atom is 0.311 e. The Hall–Kier alpha value is -2.96. The number of hydrogen-bond acceptors (Lipinski definition) is 4. The van der Waals surface area contributed by atoms with E-state index >= 15 is 0 Å². The summed E-state index contributed by atoms with van der Waals surface area (Å²) in [7, 11) is 0. The van der Waals surface area contributed by atoms with E-state index in [1.807, 2.05) is 0 Å². The van der Waals surface area contributed by atoms with Gasteiger partial charge in [0.1, 0.15) is 5.82 Å². The van der Waals surface area contributed by atoms with Crippen LogP contribution in [0.5, 0.6) is 5.75 Å². The Balaban J connectivity index is 2.11. The normalized spacial score (nSPS) is 11.7. The Morgan fingerprint density at radius 2 is 1.96 bits per heavy atom. The third-order valence-corrected chi connectivity index (χ3v) is 3.42. The number of ether oxygens (including phenoxy) is 1. The summed E-state index contributed by atoms with van der Waals surface area (Å²) in [6, 6.07) is 8.79. The van der Waals surface area contributed by atoms with Crippen LogP contribution in [0.3, 0.4) is 0 Å². The van der Waals surface area contributed by atoms with E-state index in [9.17, 15) is 19.3 Å². The van der Waals surface area contributed by atoms with Crippen LogP contribution in [0.1, 0.15) is 18.1 Å². The van der Waals surface area contributed by atoms with Crippen molar-refractivity contribution in [2.24, 2.45) is 0 Å². The maximum absolute atomic E-state index is 13.5. The van der Waals surface area contributed by atoms with Gasteiger partial charge in [0.2, 0.25) is 0 Å². The van der Waals surface area contributed by atoms with Gasteiger partial charge in [-0.3, -0.25) is 14.9 Å². The van der Waals surface area contributed by atoms with E-state index in [0.717, 1.165) is 0 Å². The van der Waals surface area contributed by atoms with E-state index in [1.54, 1.807) is 32.0 Å². The van der Waals surface area contributed by atoms with E-state index in [2.05, 4.69) is 5.32 Å². The third-order valence-electron chi connectivity index (χ3n) is 3.42. The van der Waals surface area contributed by atoms with E-state index in [1.165, 1.54) is 25.1 Å². The van der Waals surface area contributed by atoms with Crippen LogP contribution in [0.2, 0.25) is 0 Å². The topological polar surface area (TPSA) is 81.5 Å². The number of nitro groups is 1. The fraction of sp³-hybridized carbons (Fsp3) is 0.235. The van der Waals surface area contributed by atoms with Gasteiger partial charge in [-0.05, 0) is 50.1 Å². The van der Waals surface area contributed by atoms with Gasteiger partial charge < -0.3 is 10.1 Å². The molecule has 0 heterocycles. The van der Waals surface area contributed by atoms with Crippen molar-refractivity contribution in [3.05, 3.63) is 63.5 Å². The second-order valence-corrected chi connectivity index (χ2v) is 5.44. The molecule has 0 aliphatic heterocycles. The number of hydrogen-bond donors (Lipinski definition) is 1. The van der Waals surface area contributed by atoms with Gasteiger partial charge >= 0.3 is 5.69 Å². The number of nitrogens with zero attached hydrogens (tertiary/aromatic N) is 1. The lowest BCUT2D eigenvalue weighted by atomic mass is 10.2. The Kier molecular flexibility index (Phi) is 5.13. The molecule has 0 saturated carbocycles. The lowest BCUT2D eigenvalue weighted by Gasteiger charge is -2.15. The molecule has 0 aliphatic carbocycles. The number of rotatable bonds is 5. The van der Waals surface area contributed by atoms with E-state index in [0.29, 0.717) is 11.1 Å². The van der Waals surface area contributed by atoms with Crippen LogP contribution in [0.25, 0.3) is 0 Å². The van der Waals surface area contributed by atoms with E-state index in [-0.39, 0.29) is 17.1 Å². The Labute approximate surface area is 138 Å². The fourth-order valence-electron chi connectivity index (χ4n) is 2.03. The van der Waals surface area contributed by atoms with Crippen LogP contribution in [0.15, 0.2) is 36.4 Å². The molecule has 1 atom stereocenters. The molecule has 1 N–H and O–H groups in total. The van der Waals surface area contributed by atoms with Crippen molar-refractivity contribution in [3.63, 3.8) is 0 Å². The van der Waals surface area contributed by atoms with E-state index in [4.69, 9.17) is 4.74 Å². The summed E-state index contributed by atoms with van der Waals surface area (Å²) in [5, 5.41) is 13.6. The third kappa shape index (κ3) is 4.07. The second kappa shape index (κ2) is 7.08. The largest absolute Gasteiger partial charge is 0.474 e. The van der Waals surface area contributed by atoms with Crippen LogP contribution < -0.4 is 10.1 Å². The zero-order chi connectivity index (χ0) is 17.9. The van der Waals surface area contributed by atoms with Gasteiger partial charge in [0.25, 0.3) is 5.91 Å². The van der Waals surface area contributed by atoms with Crippen molar-refractivity contribution in [2.45, 2.75) is 26.9 Å². The summed E-state index contributed by atoms with van der Waals surface area (Å²) < 4.78 is 18.9. The van der Waals surface area contributed by atoms with Gasteiger partial charge in [0.05, 0.1) is 4.92 Å². The number of aryl methyl sites for hydroxylation is 2. The van der Waals surface area contributed by atoms with Crippen molar-refractivity contribution in [1.82, 2.24) is 0 Å². The molecule has 0 aromatic heterocycles. The molecule has 7 heteroatoms. The molecule has 1 amide bonds. The zero-order valence-electron chi connectivity index (χ0n) is 13.5. The van der Waals surface area contributed by atoms with Crippen LogP contribution in [-0.4, -0.2) is 16.9 Å². The Morgan fingerprint density at radius 3 is 2.58 bits per heavy atom. The molecule has 0 fully saturated rings. The average molecular weight is 332 g/mol. The van der Waals surface area contributed by atoms with Crippen molar-refractivity contribution in [1.29, 1.82) is 0 Å². The van der Waals surface area contributed by atoms with E-state index < -0.39 is 22.8 Å². The maximum atomic E-state index is 13.5. The summed E-state index contributed by atoms with van der Waals surface area (Å²) in [5.74, 6) is -0.966. The summed E-state index contributed by atoms with van der Waals surface area (Å²) in [5.41, 5.74) is 1.25. The molecule has 0 spiro atoms. The number of amides is 1. The van der Waals surface area contributed by atoms with Crippen molar-refractivity contribution < 1.29 is 18.8 Å². The number of nitro benzene ring substituents is 1. The van der Waals surface area contributed by atoms with Crippen LogP contribution in [0.4, 0.5) is 15.8 Å². The molecule has 126 valence electrons. The molecule has 2 aromatic rings. The fourth-order valence-corrected chi connectivity index (χ4v) is 2.03. The summed E-state index contributed by atoms with van der Waals surface area (Å²) in [6.07, 6.45) is -0.990. The predicted octanol–water partition coefficient (Wildman–Crippen LogP) is 3.76. The Bertz CT molecular complexity index is 792. The number of benzene rings is 2. The smallest absolute Gasteiger partial charge is 0.311 e. The molecule has 0 unspecified atom stereocenters. The Morgan fingerprint density at radius 1 is 1.25 bits per heavy atom. The van der Waals surface area contributed by atoms with Crippen LogP contribution in [-0.2, 0) is 4.79 Å². The summed E-state index contributed by atoms with van der Waals surface area (Å²) >= 11 is 0. The summed E-state index contributed by atoms with van der Waals surface area (Å²) in [4.78, 5) is 22.6. The SMILES string of the molecule is Cc1ccc(O[C@H](C)C(=O)Nc2ccc(C)c(F)c2)c([N+](=O)[O-])c1. The number of carbonyl (C=O) groups excluding carboxylic acids is 1. The lowest BCUT2D eigenvalue weighted by Crippen LogP contribution is -2.30. The molecule has 0 bridgehead atoms. The zero-order valence-corrected chi connectivity index (χ0v) is 13.5. The minimum absolute atomic E-state index is 0.00309. The van der Waals surface area contributed by atoms with Crippen molar-refractivity contribution >= 4 is 17.3 Å². The van der Waals surface area contributed by atoms with Gasteiger partial charge in [-0.1, -0.05) is 12.1 Å². The highest BCUT2D eigenvalue weighted by Gasteiger charge is 2.21. The van der Waals surface area contributed by atoms with Crippen LogP contribution >= 0.6 is 0 Å². The summed E-state index contributed by atoms with van der Waals surface area (Å²) in [6.45, 7) is 4.80. The number of halogens is 1. The first-order chi connectivity index (χ1) is 11.3. The highest BCUT2D eigenvalue weighted by atomic mass is 19.1. The quantitative estimate of drug-likeness (QED) is 0.668. The first kappa shape index (κ1) is 17.4. The molecule has 0 saturated heterocycles. The minimum atomic E-state index is -0.990. The minimum Gasteiger partial charge on any atom is -0.474 e. The highest BCUT2D eigenvalue weighted by molar-refractivity contribution is 5.94. The number of carbonyl (C=O) groups is 1. The number of anilines is 1. The molecule has 2 rings (SSSR count). The standard InChI is InChI=1S/C17H17FN2O4/c1-10-4-7-16(15(8-10)20(22)23)24-12(3)17(21)19-13-6-5-11(2)14(18)9-13/h4-9,12H,1-3H3,(H,19,21)/t12-/m1/s1. The van der Waals surface area contributed by atoms with Crippen molar-refractivity contribution in [2.75, 3.05) is 5.32 Å².